The van der Waals surface area contributed by atoms with Crippen molar-refractivity contribution in [2.45, 2.75) is 59.4 Å². The maximum atomic E-state index is 3.72. The first-order chi connectivity index (χ1) is 9.25. The molecule has 0 unspecified atom stereocenters. The average Bonchev–Trinajstić information content (AvgIpc) is 2.72. The summed E-state index contributed by atoms with van der Waals surface area (Å²) < 4.78 is 0. The van der Waals surface area contributed by atoms with Crippen LogP contribution < -0.4 is 10.6 Å². The molecule has 0 bridgehead atoms. The largest absolute Gasteiger partial charge is 0.384 e. The lowest BCUT2D eigenvalue weighted by Gasteiger charge is -2.33. The molecule has 20 heavy (non-hydrogen) atoms. The van der Waals surface area contributed by atoms with Gasteiger partial charge in [-0.15, -0.1) is 0 Å². The minimum absolute atomic E-state index is 0.205. The molecular weight excluding hydrogens is 244 g/mol. The van der Waals surface area contributed by atoms with Gasteiger partial charge >= 0.3 is 0 Å². The number of hydrogen-bond acceptors (Lipinski definition) is 2. The van der Waals surface area contributed by atoms with Crippen LogP contribution in [0.3, 0.4) is 0 Å². The van der Waals surface area contributed by atoms with Gasteiger partial charge < -0.3 is 10.6 Å². The molecule has 2 rings (SSSR count). The molecule has 2 heteroatoms. The van der Waals surface area contributed by atoms with E-state index in [1.54, 1.807) is 0 Å². The molecular formula is C18H30N2. The number of hydrogen-bond donors (Lipinski definition) is 2. The molecule has 1 aromatic rings. The second-order valence-corrected chi connectivity index (χ2v) is 7.97. The second-order valence-electron chi connectivity index (χ2n) is 7.97. The summed E-state index contributed by atoms with van der Waals surface area (Å²) in [7, 11) is 0. The van der Waals surface area contributed by atoms with Gasteiger partial charge in [0.1, 0.15) is 0 Å². The van der Waals surface area contributed by atoms with Gasteiger partial charge in [-0.1, -0.05) is 32.9 Å². The van der Waals surface area contributed by atoms with Gasteiger partial charge in [-0.05, 0) is 62.3 Å². The Bertz CT molecular complexity index is 455. The number of benzene rings is 1. The molecule has 1 aliphatic rings. The lowest BCUT2D eigenvalue weighted by molar-refractivity contribution is 0.243. The van der Waals surface area contributed by atoms with E-state index in [1.807, 2.05) is 0 Å². The zero-order valence-electron chi connectivity index (χ0n) is 13.8. The smallest absolute Gasteiger partial charge is 0.0373 e. The molecule has 0 saturated heterocycles. The van der Waals surface area contributed by atoms with E-state index < -0.39 is 0 Å². The molecule has 0 atom stereocenters. The van der Waals surface area contributed by atoms with E-state index in [1.165, 1.54) is 29.7 Å². The van der Waals surface area contributed by atoms with Gasteiger partial charge in [0.05, 0.1) is 0 Å². The third kappa shape index (κ3) is 4.52. The van der Waals surface area contributed by atoms with Crippen molar-refractivity contribution in [3.8, 4) is 0 Å². The van der Waals surface area contributed by atoms with Gasteiger partial charge in [-0.2, -0.15) is 0 Å². The number of fused-ring (bicyclic) bond motifs is 1. The lowest BCUT2D eigenvalue weighted by Crippen LogP contribution is -2.43. The zero-order valence-corrected chi connectivity index (χ0v) is 13.8. The molecule has 2 N–H and O–H groups in total. The predicted octanol–water partition coefficient (Wildman–Crippen LogP) is 4.00. The van der Waals surface area contributed by atoms with Crippen LogP contribution >= 0.6 is 0 Å². The fourth-order valence-electron chi connectivity index (χ4n) is 3.45. The standard InChI is InChI=1S/C18H30N2/c1-17(2,3)13-18(4,5)20-11-8-14-6-7-16-15(12-14)9-10-19-16/h6-7,12,19-20H,8-11,13H2,1-5H3. The molecule has 1 aliphatic heterocycles. The molecule has 0 amide bonds. The van der Waals surface area contributed by atoms with Crippen molar-refractivity contribution in [3.63, 3.8) is 0 Å². The van der Waals surface area contributed by atoms with E-state index in [4.69, 9.17) is 0 Å². The molecule has 0 radical (unpaired) electrons. The summed E-state index contributed by atoms with van der Waals surface area (Å²) in [4.78, 5) is 0. The molecule has 0 aromatic heterocycles. The molecule has 0 saturated carbocycles. The summed E-state index contributed by atoms with van der Waals surface area (Å²) in [5.74, 6) is 0. The third-order valence-electron chi connectivity index (χ3n) is 3.87. The normalized spacial score (nSPS) is 15.1. The van der Waals surface area contributed by atoms with E-state index in [2.05, 4.69) is 63.5 Å². The molecule has 1 aromatic carbocycles. The van der Waals surface area contributed by atoms with Crippen molar-refractivity contribution >= 4 is 5.69 Å². The van der Waals surface area contributed by atoms with Crippen molar-refractivity contribution in [2.24, 2.45) is 5.41 Å². The Balaban J connectivity index is 1.84. The van der Waals surface area contributed by atoms with Crippen LogP contribution in [0.5, 0.6) is 0 Å². The fourth-order valence-corrected chi connectivity index (χ4v) is 3.45. The Morgan fingerprint density at radius 2 is 1.90 bits per heavy atom. The highest BCUT2D eigenvalue weighted by Crippen LogP contribution is 2.27. The third-order valence-corrected chi connectivity index (χ3v) is 3.87. The van der Waals surface area contributed by atoms with Crippen LogP contribution in [-0.4, -0.2) is 18.6 Å². The predicted molar refractivity (Wildman–Crippen MR) is 88.5 cm³/mol. The monoisotopic (exact) mass is 274 g/mol. The summed E-state index contributed by atoms with van der Waals surface area (Å²) in [5.41, 5.74) is 4.84. The SMILES string of the molecule is CC(C)(C)CC(C)(C)NCCc1ccc2c(c1)CCN2. The van der Waals surface area contributed by atoms with Crippen molar-refractivity contribution in [3.05, 3.63) is 29.3 Å². The first kappa shape index (κ1) is 15.4. The van der Waals surface area contributed by atoms with Crippen molar-refractivity contribution in [1.82, 2.24) is 5.32 Å². The van der Waals surface area contributed by atoms with Gasteiger partial charge in [-0.3, -0.25) is 0 Å². The van der Waals surface area contributed by atoms with Gasteiger partial charge in [0.25, 0.3) is 0 Å². The van der Waals surface area contributed by atoms with E-state index in [-0.39, 0.29) is 5.54 Å². The highest BCUT2D eigenvalue weighted by atomic mass is 14.9. The van der Waals surface area contributed by atoms with Crippen molar-refractivity contribution < 1.29 is 0 Å². The summed E-state index contributed by atoms with van der Waals surface area (Å²) >= 11 is 0. The number of nitrogens with one attached hydrogen (secondary N) is 2. The first-order valence-corrected chi connectivity index (χ1v) is 7.86. The highest BCUT2D eigenvalue weighted by molar-refractivity contribution is 5.56. The van der Waals surface area contributed by atoms with Crippen LogP contribution in [0.15, 0.2) is 18.2 Å². The minimum Gasteiger partial charge on any atom is -0.384 e. The van der Waals surface area contributed by atoms with E-state index in [0.717, 1.165) is 19.5 Å². The fraction of sp³-hybridized carbons (Fsp3) is 0.667. The number of rotatable bonds is 5. The van der Waals surface area contributed by atoms with Gasteiger partial charge in [0.2, 0.25) is 0 Å². The molecule has 1 heterocycles. The van der Waals surface area contributed by atoms with Crippen LogP contribution in [-0.2, 0) is 12.8 Å². The van der Waals surface area contributed by atoms with Crippen LogP contribution in [0, 0.1) is 5.41 Å². The van der Waals surface area contributed by atoms with E-state index in [9.17, 15) is 0 Å². The molecule has 112 valence electrons. The Morgan fingerprint density at radius 1 is 1.15 bits per heavy atom. The first-order valence-electron chi connectivity index (χ1n) is 7.86. The lowest BCUT2D eigenvalue weighted by atomic mass is 9.82. The molecule has 0 spiro atoms. The van der Waals surface area contributed by atoms with Crippen molar-refractivity contribution in [2.75, 3.05) is 18.4 Å². The Morgan fingerprint density at radius 3 is 2.60 bits per heavy atom. The Kier molecular flexibility index (Phi) is 4.43. The van der Waals surface area contributed by atoms with Crippen LogP contribution in [0.25, 0.3) is 0 Å². The summed E-state index contributed by atoms with van der Waals surface area (Å²) in [6, 6.07) is 6.86. The molecule has 0 fully saturated rings. The minimum atomic E-state index is 0.205. The Labute approximate surface area is 124 Å². The van der Waals surface area contributed by atoms with Gasteiger partial charge in [0.15, 0.2) is 0 Å². The molecule has 0 aliphatic carbocycles. The van der Waals surface area contributed by atoms with Crippen LogP contribution in [0.4, 0.5) is 5.69 Å². The Hall–Kier alpha value is -1.02. The van der Waals surface area contributed by atoms with Crippen LogP contribution in [0.1, 0.15) is 52.2 Å². The van der Waals surface area contributed by atoms with E-state index >= 15 is 0 Å². The van der Waals surface area contributed by atoms with Gasteiger partial charge in [-0.25, -0.2) is 0 Å². The highest BCUT2D eigenvalue weighted by Gasteiger charge is 2.24. The summed E-state index contributed by atoms with van der Waals surface area (Å²) in [6.07, 6.45) is 3.47. The van der Waals surface area contributed by atoms with E-state index in [0.29, 0.717) is 5.41 Å². The summed E-state index contributed by atoms with van der Waals surface area (Å²) in [5, 5.41) is 7.13. The maximum absolute atomic E-state index is 3.72. The van der Waals surface area contributed by atoms with Gasteiger partial charge in [0, 0.05) is 17.8 Å². The number of anilines is 1. The topological polar surface area (TPSA) is 24.1 Å². The van der Waals surface area contributed by atoms with Crippen molar-refractivity contribution in [1.29, 1.82) is 0 Å². The quantitative estimate of drug-likeness (QED) is 0.848. The van der Waals surface area contributed by atoms with Crippen LogP contribution in [0.2, 0.25) is 0 Å². The average molecular weight is 274 g/mol. The molecule has 2 nitrogen and oxygen atoms in total. The summed E-state index contributed by atoms with van der Waals surface area (Å²) in [6.45, 7) is 13.7. The second kappa shape index (κ2) is 5.77. The zero-order chi connectivity index (χ0) is 14.8. The maximum Gasteiger partial charge on any atom is 0.0373 e.